The van der Waals surface area contributed by atoms with Gasteiger partial charge in [-0.25, -0.2) is 4.98 Å². The van der Waals surface area contributed by atoms with Gasteiger partial charge >= 0.3 is 0 Å². The van der Waals surface area contributed by atoms with Crippen molar-refractivity contribution in [3.05, 3.63) is 30.1 Å². The highest BCUT2D eigenvalue weighted by molar-refractivity contribution is 5.80. The Morgan fingerprint density at radius 2 is 2.21 bits per heavy atom. The third kappa shape index (κ3) is 3.55. The lowest BCUT2D eigenvalue weighted by molar-refractivity contribution is 0.117. The fourth-order valence-electron chi connectivity index (χ4n) is 2.11. The molecule has 0 saturated heterocycles. The third-order valence-electron chi connectivity index (χ3n) is 3.25. The molecule has 0 aliphatic heterocycles. The van der Waals surface area contributed by atoms with Crippen LogP contribution in [0.15, 0.2) is 24.5 Å². The molecule has 2 aromatic rings. The fourth-order valence-corrected chi connectivity index (χ4v) is 2.11. The molecule has 0 fully saturated rings. The molecule has 19 heavy (non-hydrogen) atoms. The number of rotatable bonds is 7. The number of pyridine rings is 1. The van der Waals surface area contributed by atoms with Crippen LogP contribution >= 0.6 is 0 Å². The topological polar surface area (TPSA) is 53.1 Å². The lowest BCUT2D eigenvalue weighted by Crippen LogP contribution is -2.07. The van der Waals surface area contributed by atoms with E-state index in [1.807, 2.05) is 12.3 Å². The van der Waals surface area contributed by atoms with E-state index in [9.17, 15) is 0 Å². The summed E-state index contributed by atoms with van der Waals surface area (Å²) in [6.07, 6.45) is 5.01. The van der Waals surface area contributed by atoms with E-state index in [2.05, 4.69) is 35.7 Å². The van der Waals surface area contributed by atoms with E-state index in [1.165, 1.54) is 0 Å². The second kappa shape index (κ2) is 6.68. The van der Waals surface area contributed by atoms with Crippen LogP contribution in [0.2, 0.25) is 0 Å². The van der Waals surface area contributed by atoms with Gasteiger partial charge in [-0.1, -0.05) is 13.8 Å². The first kappa shape index (κ1) is 14.0. The number of aromatic nitrogens is 2. The van der Waals surface area contributed by atoms with Gasteiger partial charge in [-0.3, -0.25) is 0 Å². The summed E-state index contributed by atoms with van der Waals surface area (Å²) in [5.74, 6) is 0.693. The van der Waals surface area contributed by atoms with Crippen LogP contribution in [0.5, 0.6) is 0 Å². The molecule has 0 unspecified atom stereocenters. The number of nitrogens with two attached hydrogens (primary N) is 1. The number of fused-ring (bicyclic) bond motifs is 1. The summed E-state index contributed by atoms with van der Waals surface area (Å²) in [6.45, 7) is 7.33. The standard InChI is InChI=1S/C15H23N3O/c1-12(2)5-8-19-9-7-18-11-13(10-16)14-4-3-6-17-15(14)18/h3-4,6,11-12H,5,7-10,16H2,1-2H3. The molecule has 2 rings (SSSR count). The van der Waals surface area contributed by atoms with Crippen LogP contribution in [0, 0.1) is 5.92 Å². The van der Waals surface area contributed by atoms with E-state index in [0.29, 0.717) is 12.5 Å². The maximum Gasteiger partial charge on any atom is 0.140 e. The normalized spacial score (nSPS) is 11.6. The van der Waals surface area contributed by atoms with Crippen LogP contribution in [-0.2, 0) is 17.8 Å². The molecule has 4 nitrogen and oxygen atoms in total. The molecule has 2 N–H and O–H groups in total. The molecule has 104 valence electrons. The van der Waals surface area contributed by atoms with Crippen molar-refractivity contribution >= 4 is 11.0 Å². The third-order valence-corrected chi connectivity index (χ3v) is 3.25. The van der Waals surface area contributed by atoms with Crippen LogP contribution in [0.4, 0.5) is 0 Å². The highest BCUT2D eigenvalue weighted by Gasteiger charge is 2.07. The first-order valence-electron chi connectivity index (χ1n) is 6.93. The largest absolute Gasteiger partial charge is 0.380 e. The van der Waals surface area contributed by atoms with Gasteiger partial charge < -0.3 is 15.0 Å². The quantitative estimate of drug-likeness (QED) is 0.779. The Balaban J connectivity index is 1.97. The molecule has 2 heterocycles. The van der Waals surface area contributed by atoms with Crippen LogP contribution < -0.4 is 5.73 Å². The second-order valence-corrected chi connectivity index (χ2v) is 5.22. The van der Waals surface area contributed by atoms with Gasteiger partial charge in [0.15, 0.2) is 0 Å². The summed E-state index contributed by atoms with van der Waals surface area (Å²) < 4.78 is 7.79. The maximum absolute atomic E-state index is 5.77. The summed E-state index contributed by atoms with van der Waals surface area (Å²) in [5, 5.41) is 1.15. The van der Waals surface area contributed by atoms with Crippen molar-refractivity contribution in [3.63, 3.8) is 0 Å². The van der Waals surface area contributed by atoms with Gasteiger partial charge in [-0.15, -0.1) is 0 Å². The van der Waals surface area contributed by atoms with Crippen molar-refractivity contribution in [2.75, 3.05) is 13.2 Å². The van der Waals surface area contributed by atoms with Crippen LogP contribution in [0.3, 0.4) is 0 Å². The molecule has 0 aromatic carbocycles. The van der Waals surface area contributed by atoms with Gasteiger partial charge in [0.05, 0.1) is 6.61 Å². The van der Waals surface area contributed by atoms with Gasteiger partial charge in [0.25, 0.3) is 0 Å². The van der Waals surface area contributed by atoms with Crippen molar-refractivity contribution in [2.24, 2.45) is 11.7 Å². The summed E-state index contributed by atoms with van der Waals surface area (Å²) >= 11 is 0. The summed E-state index contributed by atoms with van der Waals surface area (Å²) in [6, 6.07) is 4.02. The first-order chi connectivity index (χ1) is 9.22. The number of hydrogen-bond donors (Lipinski definition) is 1. The first-order valence-corrected chi connectivity index (χ1v) is 6.93. The average molecular weight is 261 g/mol. The van der Waals surface area contributed by atoms with Crippen molar-refractivity contribution in [1.29, 1.82) is 0 Å². The Kier molecular flexibility index (Phi) is 4.93. The predicted molar refractivity (Wildman–Crippen MR) is 77.9 cm³/mol. The molecular weight excluding hydrogens is 238 g/mol. The predicted octanol–water partition coefficient (Wildman–Crippen LogP) is 2.56. The summed E-state index contributed by atoms with van der Waals surface area (Å²) in [5.41, 5.74) is 7.91. The van der Waals surface area contributed by atoms with Gasteiger partial charge in [-0.2, -0.15) is 0 Å². The van der Waals surface area contributed by atoms with Crippen LogP contribution in [0.25, 0.3) is 11.0 Å². The Hall–Kier alpha value is -1.39. The Bertz CT molecular complexity index is 519. The second-order valence-electron chi connectivity index (χ2n) is 5.22. The minimum atomic E-state index is 0.545. The Morgan fingerprint density at radius 1 is 1.37 bits per heavy atom. The molecule has 0 radical (unpaired) electrons. The molecule has 0 amide bonds. The average Bonchev–Trinajstić information content (AvgIpc) is 2.76. The minimum absolute atomic E-state index is 0.545. The maximum atomic E-state index is 5.77. The molecule has 0 saturated carbocycles. The molecule has 2 aromatic heterocycles. The smallest absolute Gasteiger partial charge is 0.140 e. The molecule has 0 aliphatic rings. The molecule has 4 heteroatoms. The zero-order valence-corrected chi connectivity index (χ0v) is 11.8. The van der Waals surface area contributed by atoms with Crippen molar-refractivity contribution in [2.45, 2.75) is 33.4 Å². The summed E-state index contributed by atoms with van der Waals surface area (Å²) in [7, 11) is 0. The van der Waals surface area contributed by atoms with Gasteiger partial charge in [0.1, 0.15) is 5.65 Å². The zero-order valence-electron chi connectivity index (χ0n) is 11.8. The van der Waals surface area contributed by atoms with Gasteiger partial charge in [0, 0.05) is 37.5 Å². The van der Waals surface area contributed by atoms with E-state index >= 15 is 0 Å². The van der Waals surface area contributed by atoms with E-state index < -0.39 is 0 Å². The van der Waals surface area contributed by atoms with Crippen molar-refractivity contribution in [3.8, 4) is 0 Å². The molecule has 0 atom stereocenters. The number of ether oxygens (including phenoxy) is 1. The zero-order chi connectivity index (χ0) is 13.7. The van der Waals surface area contributed by atoms with Crippen molar-refractivity contribution < 1.29 is 4.74 Å². The lowest BCUT2D eigenvalue weighted by Gasteiger charge is -2.07. The molecule has 0 bridgehead atoms. The lowest BCUT2D eigenvalue weighted by atomic mass is 10.1. The summed E-state index contributed by atoms with van der Waals surface area (Å²) in [4.78, 5) is 4.43. The Labute approximate surface area is 114 Å². The number of hydrogen-bond acceptors (Lipinski definition) is 3. The molecular formula is C15H23N3O. The van der Waals surface area contributed by atoms with Crippen LogP contribution in [0.1, 0.15) is 25.8 Å². The monoisotopic (exact) mass is 261 g/mol. The highest BCUT2D eigenvalue weighted by Crippen LogP contribution is 2.18. The van der Waals surface area contributed by atoms with E-state index in [1.54, 1.807) is 0 Å². The van der Waals surface area contributed by atoms with E-state index in [-0.39, 0.29) is 0 Å². The van der Waals surface area contributed by atoms with E-state index in [4.69, 9.17) is 10.5 Å². The molecule has 0 spiro atoms. The van der Waals surface area contributed by atoms with Crippen LogP contribution in [-0.4, -0.2) is 22.8 Å². The highest BCUT2D eigenvalue weighted by atomic mass is 16.5. The SMILES string of the molecule is CC(C)CCOCCn1cc(CN)c2cccnc21. The minimum Gasteiger partial charge on any atom is -0.380 e. The molecule has 0 aliphatic carbocycles. The van der Waals surface area contributed by atoms with E-state index in [0.717, 1.165) is 42.8 Å². The Morgan fingerprint density at radius 3 is 2.95 bits per heavy atom. The fraction of sp³-hybridized carbons (Fsp3) is 0.533. The van der Waals surface area contributed by atoms with Crippen molar-refractivity contribution in [1.82, 2.24) is 9.55 Å². The number of nitrogens with zero attached hydrogens (tertiary/aromatic N) is 2. The van der Waals surface area contributed by atoms with Gasteiger partial charge in [0.2, 0.25) is 0 Å². The van der Waals surface area contributed by atoms with Gasteiger partial charge in [-0.05, 0) is 30.0 Å².